The molecule has 0 unspecified atom stereocenters. The first-order chi connectivity index (χ1) is 6.45. The second-order valence-corrected chi connectivity index (χ2v) is 4.83. The lowest BCUT2D eigenvalue weighted by Gasteiger charge is -2.00. The first-order valence-electron chi connectivity index (χ1n) is 3.27. The fraction of sp³-hybridized carbons (Fsp3) is 0. The van der Waals surface area contributed by atoms with Crippen LogP contribution in [0.4, 0.5) is 5.69 Å². The molecule has 8 heteroatoms. The van der Waals surface area contributed by atoms with Gasteiger partial charge in [0.15, 0.2) is 0 Å². The summed E-state index contributed by atoms with van der Waals surface area (Å²) in [6.45, 7) is 0. The summed E-state index contributed by atoms with van der Waals surface area (Å²) in [6, 6.07) is 3.86. The van der Waals surface area contributed by atoms with E-state index in [0.29, 0.717) is 9.26 Å². The summed E-state index contributed by atoms with van der Waals surface area (Å²) in [4.78, 5) is 2.35. The van der Waals surface area contributed by atoms with E-state index in [1.807, 2.05) is 0 Å². The molecule has 14 heavy (non-hydrogen) atoms. The van der Waals surface area contributed by atoms with Crippen LogP contribution in [0.1, 0.15) is 0 Å². The van der Waals surface area contributed by atoms with Crippen molar-refractivity contribution in [3.05, 3.63) is 32.2 Å². The van der Waals surface area contributed by atoms with Gasteiger partial charge in [0, 0.05) is 14.2 Å². The zero-order valence-electron chi connectivity index (χ0n) is 6.62. The van der Waals surface area contributed by atoms with Gasteiger partial charge >= 0.3 is 0 Å². The number of rotatable bonds is 2. The number of hydrogen-bond acceptors (Lipinski definition) is 3. The van der Waals surface area contributed by atoms with Crippen LogP contribution in [0.5, 0.6) is 0 Å². The molecule has 74 valence electrons. The van der Waals surface area contributed by atoms with Crippen molar-refractivity contribution in [1.82, 2.24) is 0 Å². The molecule has 0 amide bonds. The second kappa shape index (κ2) is 4.13. The van der Waals surface area contributed by atoms with Gasteiger partial charge in [-0.25, -0.2) is 0 Å². The summed E-state index contributed by atoms with van der Waals surface area (Å²) < 4.78 is 30.6. The van der Waals surface area contributed by atoms with E-state index in [0.717, 1.165) is 0 Å². The third-order valence-corrected chi connectivity index (χ3v) is 3.52. The normalized spacial score (nSPS) is 10.7. The molecule has 0 saturated heterocycles. The number of benzene rings is 1. The Bertz CT molecular complexity index is 507. The van der Waals surface area contributed by atoms with Crippen LogP contribution in [0.15, 0.2) is 28.2 Å². The molecular weight excluding hydrogens is 321 g/mol. The zero-order valence-corrected chi connectivity index (χ0v) is 9.60. The molecule has 0 bridgehead atoms. The Balaban J connectivity index is 3.35. The third-order valence-electron chi connectivity index (χ3n) is 1.35. The maximum Gasteiger partial charge on any atom is 0.295 e. The molecule has 0 aliphatic heterocycles. The van der Waals surface area contributed by atoms with Crippen LogP contribution in [0, 0.1) is 3.57 Å². The molecule has 0 radical (unpaired) electrons. The van der Waals surface area contributed by atoms with E-state index in [1.165, 1.54) is 18.2 Å². The number of halogens is 1. The lowest BCUT2D eigenvalue weighted by atomic mass is 10.3. The van der Waals surface area contributed by atoms with Crippen molar-refractivity contribution >= 4 is 38.4 Å². The summed E-state index contributed by atoms with van der Waals surface area (Å²) in [6.07, 6.45) is 0. The first-order valence-corrected chi connectivity index (χ1v) is 5.79. The SMILES string of the molecule is [N-]=[N+]=Nc1ccc(S(=O)(=O)O)c(I)c1. The molecule has 1 aromatic carbocycles. The fourth-order valence-corrected chi connectivity index (χ4v) is 2.69. The minimum Gasteiger partial charge on any atom is -0.282 e. The van der Waals surface area contributed by atoms with Gasteiger partial charge in [-0.3, -0.25) is 4.55 Å². The molecule has 0 aromatic heterocycles. The van der Waals surface area contributed by atoms with E-state index in [2.05, 4.69) is 10.0 Å². The predicted molar refractivity (Wildman–Crippen MR) is 57.8 cm³/mol. The van der Waals surface area contributed by atoms with E-state index >= 15 is 0 Å². The Morgan fingerprint density at radius 3 is 2.57 bits per heavy atom. The highest BCUT2D eigenvalue weighted by atomic mass is 127. The van der Waals surface area contributed by atoms with Crippen LogP contribution in [-0.2, 0) is 10.1 Å². The van der Waals surface area contributed by atoms with Gasteiger partial charge in [0.1, 0.15) is 4.90 Å². The van der Waals surface area contributed by atoms with Crippen molar-refractivity contribution in [2.75, 3.05) is 0 Å². The highest BCUT2D eigenvalue weighted by Gasteiger charge is 2.13. The molecule has 0 aliphatic rings. The lowest BCUT2D eigenvalue weighted by Crippen LogP contribution is -2.00. The monoisotopic (exact) mass is 325 g/mol. The van der Waals surface area contributed by atoms with Crippen molar-refractivity contribution in [2.45, 2.75) is 4.90 Å². The molecule has 1 rings (SSSR count). The van der Waals surface area contributed by atoms with Gasteiger partial charge in [-0.05, 0) is 40.3 Å². The lowest BCUT2D eigenvalue weighted by molar-refractivity contribution is 0.482. The first kappa shape index (κ1) is 11.2. The van der Waals surface area contributed by atoms with Crippen molar-refractivity contribution in [3.63, 3.8) is 0 Å². The molecule has 0 aliphatic carbocycles. The maximum absolute atomic E-state index is 10.8. The van der Waals surface area contributed by atoms with Crippen LogP contribution in [0.3, 0.4) is 0 Å². The molecule has 0 spiro atoms. The molecule has 1 aromatic rings. The molecule has 0 fully saturated rings. The Kier molecular flexibility index (Phi) is 3.32. The highest BCUT2D eigenvalue weighted by Crippen LogP contribution is 2.23. The summed E-state index contributed by atoms with van der Waals surface area (Å²) in [5.74, 6) is 0. The Hall–Kier alpha value is -0.830. The van der Waals surface area contributed by atoms with Crippen molar-refractivity contribution in [3.8, 4) is 0 Å². The van der Waals surface area contributed by atoms with Crippen LogP contribution >= 0.6 is 22.6 Å². The van der Waals surface area contributed by atoms with Crippen LogP contribution in [0.25, 0.3) is 10.4 Å². The number of hydrogen-bond donors (Lipinski definition) is 1. The van der Waals surface area contributed by atoms with Crippen molar-refractivity contribution in [2.24, 2.45) is 5.11 Å². The van der Waals surface area contributed by atoms with Gasteiger partial charge in [0.2, 0.25) is 0 Å². The van der Waals surface area contributed by atoms with E-state index in [-0.39, 0.29) is 4.90 Å². The van der Waals surface area contributed by atoms with Crippen molar-refractivity contribution < 1.29 is 13.0 Å². The van der Waals surface area contributed by atoms with Gasteiger partial charge in [-0.2, -0.15) is 8.42 Å². The smallest absolute Gasteiger partial charge is 0.282 e. The van der Waals surface area contributed by atoms with Gasteiger partial charge in [-0.15, -0.1) is 0 Å². The third kappa shape index (κ3) is 2.58. The largest absolute Gasteiger partial charge is 0.295 e. The Morgan fingerprint density at radius 2 is 2.14 bits per heavy atom. The zero-order chi connectivity index (χ0) is 10.8. The van der Waals surface area contributed by atoms with Gasteiger partial charge in [-0.1, -0.05) is 11.2 Å². The summed E-state index contributed by atoms with van der Waals surface area (Å²) in [5, 5.41) is 3.29. The average Bonchev–Trinajstić information content (AvgIpc) is 2.02. The molecule has 0 atom stereocenters. The average molecular weight is 325 g/mol. The molecular formula is C6H4IN3O3S. The highest BCUT2D eigenvalue weighted by molar-refractivity contribution is 14.1. The van der Waals surface area contributed by atoms with Gasteiger partial charge in [0.05, 0.1) is 0 Å². The van der Waals surface area contributed by atoms with E-state index in [1.54, 1.807) is 22.6 Å². The van der Waals surface area contributed by atoms with Gasteiger partial charge in [0.25, 0.3) is 10.1 Å². The second-order valence-electron chi connectivity index (χ2n) is 2.28. The molecule has 0 heterocycles. The quantitative estimate of drug-likeness (QED) is 0.297. The van der Waals surface area contributed by atoms with Crippen LogP contribution in [0.2, 0.25) is 0 Å². The summed E-state index contributed by atoms with van der Waals surface area (Å²) in [5.41, 5.74) is 8.42. The van der Waals surface area contributed by atoms with Gasteiger partial charge < -0.3 is 0 Å². The molecule has 6 nitrogen and oxygen atoms in total. The Labute approximate surface area is 93.5 Å². The van der Waals surface area contributed by atoms with E-state index in [4.69, 9.17) is 10.1 Å². The van der Waals surface area contributed by atoms with Crippen LogP contribution < -0.4 is 0 Å². The topological polar surface area (TPSA) is 103 Å². The predicted octanol–water partition coefficient (Wildman–Crippen LogP) is 2.48. The maximum atomic E-state index is 10.8. The Morgan fingerprint density at radius 1 is 1.50 bits per heavy atom. The fourth-order valence-electron chi connectivity index (χ4n) is 0.813. The molecule has 1 N–H and O–H groups in total. The summed E-state index contributed by atoms with van der Waals surface area (Å²) in [7, 11) is -4.21. The van der Waals surface area contributed by atoms with Crippen molar-refractivity contribution in [1.29, 1.82) is 0 Å². The number of azide groups is 1. The minimum absolute atomic E-state index is 0.199. The van der Waals surface area contributed by atoms with Crippen LogP contribution in [-0.4, -0.2) is 13.0 Å². The molecule has 0 saturated carbocycles. The number of nitrogens with zero attached hydrogens (tertiary/aromatic N) is 3. The van der Waals surface area contributed by atoms with E-state index in [9.17, 15) is 8.42 Å². The van der Waals surface area contributed by atoms with E-state index < -0.39 is 10.1 Å². The minimum atomic E-state index is -4.21. The standard InChI is InChI=1S/C6H4IN3O3S/c7-5-3-4(9-10-8)1-2-6(5)14(11,12)13/h1-3H,(H,11,12,13). The summed E-state index contributed by atoms with van der Waals surface area (Å²) >= 11 is 1.73.